The molecule has 0 fully saturated rings. The lowest BCUT2D eigenvalue weighted by molar-refractivity contribution is 0.106. The van der Waals surface area contributed by atoms with E-state index in [0.717, 1.165) is 23.6 Å². The van der Waals surface area contributed by atoms with Crippen LogP contribution in [0.25, 0.3) is 0 Å². The fourth-order valence-corrected chi connectivity index (χ4v) is 2.30. The summed E-state index contributed by atoms with van der Waals surface area (Å²) < 4.78 is 24.1. The van der Waals surface area contributed by atoms with E-state index in [1.54, 1.807) is 19.2 Å². The minimum Gasteiger partial charge on any atom is -0.444 e. The highest BCUT2D eigenvalue weighted by atomic mass is 127. The van der Waals surface area contributed by atoms with Crippen LogP contribution in [0.5, 0.6) is 0 Å². The maximum atomic E-state index is 13.1. The van der Waals surface area contributed by atoms with Crippen molar-refractivity contribution in [1.29, 1.82) is 0 Å². The molecule has 1 heterocycles. The van der Waals surface area contributed by atoms with E-state index < -0.39 is 0 Å². The number of methoxy groups -OCH3 is 1. The second-order valence-electron chi connectivity index (χ2n) is 5.60. The van der Waals surface area contributed by atoms with E-state index in [-0.39, 0.29) is 35.9 Å². The first-order valence-corrected chi connectivity index (χ1v) is 8.26. The molecule has 0 spiro atoms. The average molecular weight is 476 g/mol. The van der Waals surface area contributed by atoms with Gasteiger partial charge in [-0.1, -0.05) is 12.1 Å². The molecule has 8 heteroatoms. The van der Waals surface area contributed by atoms with E-state index in [1.807, 2.05) is 20.8 Å². The van der Waals surface area contributed by atoms with Crippen LogP contribution in [0.3, 0.4) is 0 Å². The highest BCUT2D eigenvalue weighted by Gasteiger charge is 2.12. The van der Waals surface area contributed by atoms with Gasteiger partial charge < -0.3 is 19.8 Å². The number of nitrogens with zero attached hydrogens (tertiary/aromatic N) is 2. The second kappa shape index (κ2) is 11.1. The number of aromatic nitrogens is 1. The third-order valence-corrected chi connectivity index (χ3v) is 3.77. The van der Waals surface area contributed by atoms with E-state index in [1.165, 1.54) is 12.1 Å². The molecule has 1 unspecified atom stereocenters. The molecule has 0 saturated heterocycles. The number of aliphatic imine (C=N–C) groups is 1. The normalized spacial score (nSPS) is 12.4. The van der Waals surface area contributed by atoms with E-state index >= 15 is 0 Å². The number of aryl methyl sites for hydroxylation is 2. The summed E-state index contributed by atoms with van der Waals surface area (Å²) in [5, 5.41) is 6.40. The van der Waals surface area contributed by atoms with Crippen LogP contribution in [-0.2, 0) is 11.3 Å². The highest BCUT2D eigenvalue weighted by Crippen LogP contribution is 2.16. The first kappa shape index (κ1) is 22.4. The van der Waals surface area contributed by atoms with Crippen molar-refractivity contribution in [3.05, 3.63) is 53.0 Å². The summed E-state index contributed by atoms with van der Waals surface area (Å²) in [6.45, 7) is 7.34. The molecule has 2 aromatic rings. The van der Waals surface area contributed by atoms with Crippen LogP contribution in [0.4, 0.5) is 4.39 Å². The first-order valence-electron chi connectivity index (χ1n) is 8.26. The van der Waals surface area contributed by atoms with Crippen LogP contribution in [0.1, 0.15) is 35.9 Å². The molecule has 0 radical (unpaired) electrons. The van der Waals surface area contributed by atoms with Crippen LogP contribution < -0.4 is 10.6 Å². The molecule has 0 aliphatic heterocycles. The number of oxazole rings is 1. The highest BCUT2D eigenvalue weighted by molar-refractivity contribution is 14.0. The molecule has 0 aliphatic rings. The Hall–Kier alpha value is -1.68. The molecule has 144 valence electrons. The van der Waals surface area contributed by atoms with E-state index in [2.05, 4.69) is 20.6 Å². The van der Waals surface area contributed by atoms with Crippen molar-refractivity contribution in [2.75, 3.05) is 20.2 Å². The Morgan fingerprint density at radius 3 is 2.50 bits per heavy atom. The topological polar surface area (TPSA) is 71.7 Å². The predicted octanol–water partition coefficient (Wildman–Crippen LogP) is 3.49. The summed E-state index contributed by atoms with van der Waals surface area (Å²) in [6, 6.07) is 6.28. The lowest BCUT2D eigenvalue weighted by atomic mass is 10.1. The van der Waals surface area contributed by atoms with Gasteiger partial charge in [-0.05, 0) is 38.5 Å². The van der Waals surface area contributed by atoms with E-state index in [9.17, 15) is 4.39 Å². The van der Waals surface area contributed by atoms with E-state index in [4.69, 9.17) is 9.15 Å². The zero-order valence-corrected chi connectivity index (χ0v) is 17.8. The molecule has 0 saturated carbocycles. The molecule has 0 aliphatic carbocycles. The maximum Gasteiger partial charge on any atom is 0.216 e. The fourth-order valence-electron chi connectivity index (χ4n) is 2.30. The minimum atomic E-state index is -0.266. The van der Waals surface area contributed by atoms with Crippen molar-refractivity contribution in [2.24, 2.45) is 4.99 Å². The van der Waals surface area contributed by atoms with Crippen LogP contribution in [0.2, 0.25) is 0 Å². The van der Waals surface area contributed by atoms with Gasteiger partial charge in [0.15, 0.2) is 5.96 Å². The van der Waals surface area contributed by atoms with Crippen molar-refractivity contribution < 1.29 is 13.5 Å². The number of rotatable bonds is 7. The summed E-state index contributed by atoms with van der Waals surface area (Å²) in [4.78, 5) is 8.79. The van der Waals surface area contributed by atoms with Crippen LogP contribution in [0, 0.1) is 19.7 Å². The van der Waals surface area contributed by atoms with Crippen LogP contribution in [0.15, 0.2) is 33.7 Å². The van der Waals surface area contributed by atoms with Crippen molar-refractivity contribution >= 4 is 29.9 Å². The molecule has 2 N–H and O–H groups in total. The van der Waals surface area contributed by atoms with Crippen LogP contribution >= 0.6 is 24.0 Å². The Bertz CT molecular complexity index is 684. The molecule has 0 amide bonds. The number of ether oxygens (including phenoxy) is 1. The number of benzene rings is 1. The summed E-state index contributed by atoms with van der Waals surface area (Å²) in [5.41, 5.74) is 1.77. The summed E-state index contributed by atoms with van der Waals surface area (Å²) in [5.74, 6) is 1.76. The van der Waals surface area contributed by atoms with Gasteiger partial charge >= 0.3 is 0 Å². The van der Waals surface area contributed by atoms with Crippen LogP contribution in [-0.4, -0.2) is 31.1 Å². The molecule has 6 nitrogen and oxygen atoms in total. The van der Waals surface area contributed by atoms with Gasteiger partial charge in [-0.25, -0.2) is 14.4 Å². The molecule has 1 aromatic heterocycles. The smallest absolute Gasteiger partial charge is 0.216 e. The summed E-state index contributed by atoms with van der Waals surface area (Å²) in [7, 11) is 1.62. The van der Waals surface area contributed by atoms with E-state index in [0.29, 0.717) is 24.9 Å². The average Bonchev–Trinajstić information content (AvgIpc) is 2.92. The SMILES string of the molecule is CCNC(=NCc1nc(C)c(C)o1)NCC(OC)c1ccc(F)cc1.I. The minimum absolute atomic E-state index is 0. The zero-order valence-electron chi connectivity index (χ0n) is 15.5. The maximum absolute atomic E-state index is 13.1. The molecular formula is C18H26FIN4O2. The van der Waals surface area contributed by atoms with Gasteiger partial charge in [-0.2, -0.15) is 0 Å². The molecular weight excluding hydrogens is 450 g/mol. The number of hydrogen-bond donors (Lipinski definition) is 2. The third-order valence-electron chi connectivity index (χ3n) is 3.77. The third kappa shape index (κ3) is 6.56. The first-order chi connectivity index (χ1) is 12.0. The molecule has 0 bridgehead atoms. The van der Waals surface area contributed by atoms with Gasteiger partial charge in [0.2, 0.25) is 5.89 Å². The molecule has 2 rings (SSSR count). The Morgan fingerprint density at radius 2 is 1.96 bits per heavy atom. The second-order valence-corrected chi connectivity index (χ2v) is 5.60. The summed E-state index contributed by atoms with van der Waals surface area (Å²) in [6.07, 6.45) is -0.212. The van der Waals surface area contributed by atoms with Crippen molar-refractivity contribution in [2.45, 2.75) is 33.4 Å². The van der Waals surface area contributed by atoms with Gasteiger partial charge in [0.25, 0.3) is 0 Å². The van der Waals surface area contributed by atoms with Gasteiger partial charge in [-0.3, -0.25) is 0 Å². The van der Waals surface area contributed by atoms with Crippen molar-refractivity contribution in [3.63, 3.8) is 0 Å². The largest absolute Gasteiger partial charge is 0.444 e. The fraction of sp³-hybridized carbons (Fsp3) is 0.444. The van der Waals surface area contributed by atoms with Crippen molar-refractivity contribution in [3.8, 4) is 0 Å². The monoisotopic (exact) mass is 476 g/mol. The number of nitrogens with one attached hydrogen (secondary N) is 2. The number of guanidine groups is 1. The standard InChI is InChI=1S/C18H25FN4O2.HI/c1-5-20-18(22-11-17-23-12(2)13(3)25-17)21-10-16(24-4)14-6-8-15(19)9-7-14;/h6-9,16H,5,10-11H2,1-4H3,(H2,20,21,22);1H. The van der Waals surface area contributed by atoms with Gasteiger partial charge in [0.1, 0.15) is 18.1 Å². The quantitative estimate of drug-likeness (QED) is 0.364. The van der Waals surface area contributed by atoms with Crippen molar-refractivity contribution in [1.82, 2.24) is 15.6 Å². The molecule has 1 aromatic carbocycles. The summed E-state index contributed by atoms with van der Waals surface area (Å²) >= 11 is 0. The zero-order chi connectivity index (χ0) is 18.2. The molecule has 1 atom stereocenters. The van der Waals surface area contributed by atoms with Gasteiger partial charge in [-0.15, -0.1) is 24.0 Å². The van der Waals surface area contributed by atoms with Gasteiger partial charge in [0.05, 0.1) is 11.8 Å². The lowest BCUT2D eigenvalue weighted by Crippen LogP contribution is -2.39. The number of halogens is 2. The lowest BCUT2D eigenvalue weighted by Gasteiger charge is -2.18. The Labute approximate surface area is 170 Å². The Morgan fingerprint density at radius 1 is 1.27 bits per heavy atom. The molecule has 26 heavy (non-hydrogen) atoms. The Balaban J connectivity index is 0.00000338. The number of hydrogen-bond acceptors (Lipinski definition) is 4. The van der Waals surface area contributed by atoms with Gasteiger partial charge in [0, 0.05) is 20.2 Å². The predicted molar refractivity (Wildman–Crippen MR) is 110 cm³/mol. The Kier molecular flexibility index (Phi) is 9.57.